The maximum atomic E-state index is 7.00. The third-order valence-corrected chi connectivity index (χ3v) is 10.9. The van der Waals surface area contributed by atoms with Crippen molar-refractivity contribution in [2.75, 3.05) is 0 Å². The van der Waals surface area contributed by atoms with E-state index in [4.69, 9.17) is 9.47 Å². The van der Waals surface area contributed by atoms with Crippen LogP contribution in [0.25, 0.3) is 49.7 Å². The highest BCUT2D eigenvalue weighted by atomic mass is 16.5. The Kier molecular flexibility index (Phi) is 6.17. The fourth-order valence-electron chi connectivity index (χ4n) is 8.91. The first-order valence-corrected chi connectivity index (χ1v) is 17.8. The zero-order chi connectivity index (χ0) is 34.2. The molecule has 1 unspecified atom stereocenters. The Hall–Kier alpha value is -6.84. The van der Waals surface area contributed by atoms with Gasteiger partial charge >= 0.3 is 0 Å². The number of nitrogens with zero attached hydrogens (tertiary/aromatic N) is 1. The zero-order valence-corrected chi connectivity index (χ0v) is 28.2. The molecule has 2 aliphatic rings. The Bertz CT molecular complexity index is 2840. The summed E-state index contributed by atoms with van der Waals surface area (Å²) in [7, 11) is 0. The first-order valence-electron chi connectivity index (χ1n) is 17.8. The molecular formula is C49H31NO2. The molecule has 8 aromatic carbocycles. The first kappa shape index (κ1) is 28.9. The molecular weight excluding hydrogens is 635 g/mol. The molecule has 1 spiro atoms. The van der Waals surface area contributed by atoms with Crippen molar-refractivity contribution in [2.45, 2.75) is 5.41 Å². The predicted molar refractivity (Wildman–Crippen MR) is 210 cm³/mol. The summed E-state index contributed by atoms with van der Waals surface area (Å²) in [6.45, 7) is 0. The summed E-state index contributed by atoms with van der Waals surface area (Å²) >= 11 is 0. The van der Waals surface area contributed by atoms with Gasteiger partial charge in [-0.05, 0) is 59.2 Å². The maximum Gasteiger partial charge on any atom is 0.140 e. The molecule has 3 nitrogen and oxygen atoms in total. The highest BCUT2D eigenvalue weighted by Crippen LogP contribution is 2.64. The number of hydrogen-bond donors (Lipinski definition) is 0. The molecule has 0 bridgehead atoms. The summed E-state index contributed by atoms with van der Waals surface area (Å²) < 4.78 is 16.3. The first-order chi connectivity index (χ1) is 25.8. The third kappa shape index (κ3) is 3.91. The van der Waals surface area contributed by atoms with Crippen LogP contribution in [0.4, 0.5) is 0 Å². The number of aromatic nitrogens is 1. The van der Waals surface area contributed by atoms with Crippen LogP contribution in [0.2, 0.25) is 0 Å². The van der Waals surface area contributed by atoms with Gasteiger partial charge in [0.05, 0.1) is 16.4 Å². The highest BCUT2D eigenvalue weighted by Gasteiger charge is 2.52. The Labute approximate surface area is 301 Å². The molecule has 0 fully saturated rings. The van der Waals surface area contributed by atoms with Crippen molar-refractivity contribution in [1.29, 1.82) is 0 Å². The average Bonchev–Trinajstić information content (AvgIpc) is 3.56. The Morgan fingerprint density at radius 1 is 0.385 bits per heavy atom. The molecule has 0 amide bonds. The van der Waals surface area contributed by atoms with Gasteiger partial charge in [-0.2, -0.15) is 0 Å². The van der Waals surface area contributed by atoms with Gasteiger partial charge in [0.2, 0.25) is 0 Å². The van der Waals surface area contributed by atoms with Gasteiger partial charge in [-0.15, -0.1) is 0 Å². The number of benzene rings is 8. The van der Waals surface area contributed by atoms with Gasteiger partial charge in [-0.25, -0.2) is 0 Å². The average molecular weight is 666 g/mol. The van der Waals surface area contributed by atoms with E-state index in [-0.39, 0.29) is 0 Å². The molecule has 9 aromatic rings. The number of ether oxygens (including phenoxy) is 2. The normalized spacial score (nSPS) is 15.3. The molecule has 52 heavy (non-hydrogen) atoms. The summed E-state index contributed by atoms with van der Waals surface area (Å²) in [6, 6.07) is 66.9. The molecule has 3 heterocycles. The van der Waals surface area contributed by atoms with E-state index in [2.05, 4.69) is 193 Å². The van der Waals surface area contributed by atoms with Crippen molar-refractivity contribution in [3.05, 3.63) is 210 Å². The Morgan fingerprint density at radius 3 is 1.75 bits per heavy atom. The lowest BCUT2D eigenvalue weighted by Gasteiger charge is -2.46. The Balaban J connectivity index is 1.30. The van der Waals surface area contributed by atoms with Crippen molar-refractivity contribution in [3.8, 4) is 50.9 Å². The largest absolute Gasteiger partial charge is 0.457 e. The van der Waals surface area contributed by atoms with E-state index in [1.165, 1.54) is 16.3 Å². The van der Waals surface area contributed by atoms with Crippen LogP contribution in [0.15, 0.2) is 188 Å². The van der Waals surface area contributed by atoms with E-state index in [9.17, 15) is 0 Å². The molecule has 3 heteroatoms. The van der Waals surface area contributed by atoms with E-state index in [1.807, 2.05) is 0 Å². The second-order valence-electron chi connectivity index (χ2n) is 13.6. The second-order valence-corrected chi connectivity index (χ2v) is 13.6. The molecule has 244 valence electrons. The number of rotatable bonds is 3. The lowest BCUT2D eigenvalue weighted by Crippen LogP contribution is -2.37. The molecule has 0 N–H and O–H groups in total. The van der Waals surface area contributed by atoms with Gasteiger partial charge in [-0.1, -0.05) is 146 Å². The van der Waals surface area contributed by atoms with Gasteiger partial charge in [-0.3, -0.25) is 0 Å². The van der Waals surface area contributed by atoms with Crippen molar-refractivity contribution in [3.63, 3.8) is 0 Å². The van der Waals surface area contributed by atoms with Crippen LogP contribution in [-0.4, -0.2) is 4.57 Å². The smallest absolute Gasteiger partial charge is 0.140 e. The molecule has 0 saturated carbocycles. The van der Waals surface area contributed by atoms with E-state index in [0.717, 1.165) is 78.7 Å². The lowest BCUT2D eigenvalue weighted by molar-refractivity contribution is 0.401. The fraction of sp³-hybridized carbons (Fsp3) is 0.0204. The quantitative estimate of drug-likeness (QED) is 0.187. The minimum atomic E-state index is -0.754. The van der Waals surface area contributed by atoms with E-state index in [0.29, 0.717) is 0 Å². The standard InChI is InChI=1S/C49H31NO2/c1-3-16-32(17-4-1)34-21-13-26-40-48(34)52-44-30-12-9-25-39(44)49(40)38-24-8-11-29-43(38)51-45-31-15-23-36(47(45)49)35-22-14-28-42-46(35)37-20-7-10-27-41(37)50(42)33-18-5-2-6-19-33/h1-31H. The van der Waals surface area contributed by atoms with Crippen molar-refractivity contribution in [1.82, 2.24) is 4.57 Å². The molecule has 0 saturated heterocycles. The maximum absolute atomic E-state index is 7.00. The van der Waals surface area contributed by atoms with Crippen LogP contribution < -0.4 is 9.47 Å². The van der Waals surface area contributed by atoms with Crippen LogP contribution in [0.3, 0.4) is 0 Å². The van der Waals surface area contributed by atoms with Crippen LogP contribution in [0.5, 0.6) is 23.0 Å². The van der Waals surface area contributed by atoms with Gasteiger partial charge in [0.1, 0.15) is 23.0 Å². The van der Waals surface area contributed by atoms with E-state index < -0.39 is 5.41 Å². The summed E-state index contributed by atoms with van der Waals surface area (Å²) in [5.41, 5.74) is 11.6. The SMILES string of the molecule is c1ccc(-c2cccc3c2Oc2ccccc2C32c3ccccc3Oc3cccc(-c4cccc5c4c4ccccc4n5-c4ccccc4)c32)cc1. The lowest BCUT2D eigenvalue weighted by atomic mass is 9.60. The fourth-order valence-corrected chi connectivity index (χ4v) is 8.91. The van der Waals surface area contributed by atoms with Gasteiger partial charge < -0.3 is 14.0 Å². The summed E-state index contributed by atoms with van der Waals surface area (Å²) in [5.74, 6) is 3.39. The third-order valence-electron chi connectivity index (χ3n) is 10.9. The number of hydrogen-bond acceptors (Lipinski definition) is 2. The Morgan fingerprint density at radius 2 is 0.942 bits per heavy atom. The zero-order valence-electron chi connectivity index (χ0n) is 28.2. The van der Waals surface area contributed by atoms with E-state index in [1.54, 1.807) is 0 Å². The van der Waals surface area contributed by atoms with E-state index >= 15 is 0 Å². The summed E-state index contributed by atoms with van der Waals surface area (Å²) in [4.78, 5) is 0. The summed E-state index contributed by atoms with van der Waals surface area (Å²) in [6.07, 6.45) is 0. The molecule has 11 rings (SSSR count). The molecule has 1 aromatic heterocycles. The van der Waals surface area contributed by atoms with Crippen molar-refractivity contribution >= 4 is 21.8 Å². The number of para-hydroxylation sites is 5. The monoisotopic (exact) mass is 665 g/mol. The van der Waals surface area contributed by atoms with Gasteiger partial charge in [0, 0.05) is 44.3 Å². The van der Waals surface area contributed by atoms with Crippen LogP contribution >= 0.6 is 0 Å². The molecule has 1 atom stereocenters. The highest BCUT2D eigenvalue weighted by molar-refractivity contribution is 6.16. The van der Waals surface area contributed by atoms with Crippen LogP contribution in [0.1, 0.15) is 22.3 Å². The minimum absolute atomic E-state index is 0.754. The van der Waals surface area contributed by atoms with Crippen molar-refractivity contribution in [2.24, 2.45) is 0 Å². The molecule has 0 radical (unpaired) electrons. The van der Waals surface area contributed by atoms with Gasteiger partial charge in [0.15, 0.2) is 0 Å². The second kappa shape index (κ2) is 11.1. The van der Waals surface area contributed by atoms with Crippen LogP contribution in [0, 0.1) is 0 Å². The minimum Gasteiger partial charge on any atom is -0.457 e. The van der Waals surface area contributed by atoms with Crippen LogP contribution in [-0.2, 0) is 5.41 Å². The van der Waals surface area contributed by atoms with Crippen molar-refractivity contribution < 1.29 is 9.47 Å². The van der Waals surface area contributed by atoms with Gasteiger partial charge in [0.25, 0.3) is 0 Å². The summed E-state index contributed by atoms with van der Waals surface area (Å²) in [5, 5.41) is 2.42. The topological polar surface area (TPSA) is 23.4 Å². The molecule has 0 aliphatic carbocycles. The predicted octanol–water partition coefficient (Wildman–Crippen LogP) is 12.7. The molecule has 2 aliphatic heterocycles. The number of fused-ring (bicyclic) bond motifs is 11.